The molecule has 2 rings (SSSR count). The molecule has 0 saturated carbocycles. The lowest BCUT2D eigenvalue weighted by Gasteiger charge is -2.18. The van der Waals surface area contributed by atoms with Gasteiger partial charge in [0.05, 0.1) is 12.6 Å². The molecule has 25 heavy (non-hydrogen) atoms. The minimum Gasteiger partial charge on any atom is -0.375 e. The van der Waals surface area contributed by atoms with Crippen LogP contribution in [0.2, 0.25) is 0 Å². The lowest BCUT2D eigenvalue weighted by atomic mass is 10.1. The third-order valence-corrected chi connectivity index (χ3v) is 4.70. The molecule has 0 amide bonds. The Kier molecular flexibility index (Phi) is 9.91. The molecular weight excluding hydrogens is 454 g/mol. The number of hydrogen-bond donors (Lipinski definition) is 2. The zero-order valence-electron chi connectivity index (χ0n) is 14.6. The molecule has 0 aliphatic carbocycles. The second-order valence-corrected chi connectivity index (χ2v) is 6.36. The van der Waals surface area contributed by atoms with E-state index in [9.17, 15) is 4.39 Å². The number of methoxy groups -OCH3 is 1. The number of guanidine groups is 1. The fourth-order valence-electron chi connectivity index (χ4n) is 2.18. The van der Waals surface area contributed by atoms with E-state index >= 15 is 0 Å². The van der Waals surface area contributed by atoms with E-state index in [4.69, 9.17) is 4.74 Å². The van der Waals surface area contributed by atoms with Crippen LogP contribution in [-0.4, -0.2) is 31.6 Å². The topological polar surface area (TPSA) is 58.5 Å². The van der Waals surface area contributed by atoms with Gasteiger partial charge < -0.3 is 15.4 Å². The number of nitrogens with zero attached hydrogens (tertiary/aromatic N) is 2. The Balaban J connectivity index is 0.00000312. The van der Waals surface area contributed by atoms with Crippen molar-refractivity contribution >= 4 is 41.3 Å². The first-order chi connectivity index (χ1) is 11.7. The number of aryl methyl sites for hydroxylation is 1. The molecule has 1 aromatic carbocycles. The quantitative estimate of drug-likeness (QED) is 0.364. The predicted molar refractivity (Wildman–Crippen MR) is 111 cm³/mol. The summed E-state index contributed by atoms with van der Waals surface area (Å²) in [5.41, 5.74) is 0.911. The van der Waals surface area contributed by atoms with E-state index in [2.05, 4.69) is 27.5 Å². The van der Waals surface area contributed by atoms with Crippen molar-refractivity contribution in [2.45, 2.75) is 26.0 Å². The van der Waals surface area contributed by atoms with Gasteiger partial charge in [-0.1, -0.05) is 19.1 Å². The number of aromatic nitrogens is 1. The van der Waals surface area contributed by atoms with Gasteiger partial charge in [-0.05, 0) is 24.1 Å². The summed E-state index contributed by atoms with van der Waals surface area (Å²) < 4.78 is 18.5. The summed E-state index contributed by atoms with van der Waals surface area (Å²) in [6.07, 6.45) is 2.72. The van der Waals surface area contributed by atoms with Crippen LogP contribution in [0, 0.1) is 5.82 Å². The Morgan fingerprint density at radius 2 is 2.04 bits per heavy atom. The maximum atomic E-state index is 13.0. The van der Waals surface area contributed by atoms with Crippen molar-refractivity contribution in [2.24, 2.45) is 4.99 Å². The Hall–Kier alpha value is -1.26. The number of nitrogens with one attached hydrogen (secondary N) is 2. The van der Waals surface area contributed by atoms with Crippen LogP contribution in [0.15, 0.2) is 35.5 Å². The zero-order chi connectivity index (χ0) is 17.4. The summed E-state index contributed by atoms with van der Waals surface area (Å²) in [5, 5.41) is 7.48. The van der Waals surface area contributed by atoms with Gasteiger partial charge in [-0.25, -0.2) is 9.37 Å². The first-order valence-electron chi connectivity index (χ1n) is 7.82. The third kappa shape index (κ3) is 6.87. The Labute approximate surface area is 169 Å². The van der Waals surface area contributed by atoms with Gasteiger partial charge in [0.15, 0.2) is 5.96 Å². The number of halogens is 2. The second-order valence-electron chi connectivity index (χ2n) is 5.16. The highest BCUT2D eigenvalue weighted by Crippen LogP contribution is 2.16. The maximum Gasteiger partial charge on any atom is 0.191 e. The summed E-state index contributed by atoms with van der Waals surface area (Å²) in [4.78, 5) is 9.84. The van der Waals surface area contributed by atoms with Crippen molar-refractivity contribution in [3.05, 3.63) is 51.7 Å². The molecule has 138 valence electrons. The molecule has 0 saturated heterocycles. The van der Waals surface area contributed by atoms with Gasteiger partial charge in [0, 0.05) is 31.8 Å². The molecule has 8 heteroatoms. The minimum atomic E-state index is -0.256. The van der Waals surface area contributed by atoms with Crippen LogP contribution in [0.25, 0.3) is 0 Å². The summed E-state index contributed by atoms with van der Waals surface area (Å²) in [6, 6.07) is 6.32. The van der Waals surface area contributed by atoms with E-state index in [-0.39, 0.29) is 35.9 Å². The smallest absolute Gasteiger partial charge is 0.191 e. The van der Waals surface area contributed by atoms with Gasteiger partial charge in [-0.2, -0.15) is 0 Å². The molecule has 1 aromatic heterocycles. The highest BCUT2D eigenvalue weighted by Gasteiger charge is 2.11. The van der Waals surface area contributed by atoms with Crippen molar-refractivity contribution in [1.82, 2.24) is 15.6 Å². The molecule has 0 spiro atoms. The normalized spacial score (nSPS) is 12.4. The standard InChI is InChI=1S/C17H23FN4OS.HI/c1-4-14-9-20-16(24-14)11-22-17(19-2)21-10-15(23-3)12-5-7-13(18)8-6-12;/h5-9,15H,4,10-11H2,1-3H3,(H2,19,21,22);1H. The molecule has 1 heterocycles. The Bertz CT molecular complexity index is 663. The van der Waals surface area contributed by atoms with Crippen LogP contribution in [0.3, 0.4) is 0 Å². The van der Waals surface area contributed by atoms with Gasteiger partial charge in [0.25, 0.3) is 0 Å². The van der Waals surface area contributed by atoms with Gasteiger partial charge in [-0.3, -0.25) is 4.99 Å². The van der Waals surface area contributed by atoms with E-state index in [1.165, 1.54) is 17.0 Å². The zero-order valence-corrected chi connectivity index (χ0v) is 17.7. The van der Waals surface area contributed by atoms with Gasteiger partial charge in [-0.15, -0.1) is 35.3 Å². The second kappa shape index (κ2) is 11.4. The molecule has 5 nitrogen and oxygen atoms in total. The summed E-state index contributed by atoms with van der Waals surface area (Å²) in [6.45, 7) is 3.27. The molecule has 0 bridgehead atoms. The molecule has 2 N–H and O–H groups in total. The largest absolute Gasteiger partial charge is 0.375 e. The number of ether oxygens (including phenoxy) is 1. The van der Waals surface area contributed by atoms with Crippen LogP contribution in [-0.2, 0) is 17.7 Å². The van der Waals surface area contributed by atoms with E-state index in [0.717, 1.165) is 17.0 Å². The van der Waals surface area contributed by atoms with Crippen molar-refractivity contribution < 1.29 is 9.13 Å². The van der Waals surface area contributed by atoms with Crippen molar-refractivity contribution in [2.75, 3.05) is 20.7 Å². The van der Waals surface area contributed by atoms with Crippen LogP contribution in [0.5, 0.6) is 0 Å². The summed E-state index contributed by atoms with van der Waals surface area (Å²) >= 11 is 1.70. The molecule has 0 radical (unpaired) electrons. The van der Waals surface area contributed by atoms with E-state index < -0.39 is 0 Å². The monoisotopic (exact) mass is 478 g/mol. The summed E-state index contributed by atoms with van der Waals surface area (Å²) in [7, 11) is 3.35. The number of aliphatic imine (C=N–C) groups is 1. The first-order valence-corrected chi connectivity index (χ1v) is 8.64. The lowest BCUT2D eigenvalue weighted by Crippen LogP contribution is -2.39. The highest BCUT2D eigenvalue weighted by atomic mass is 127. The summed E-state index contributed by atoms with van der Waals surface area (Å²) in [5.74, 6) is 0.418. The number of benzene rings is 1. The average Bonchev–Trinajstić information content (AvgIpc) is 3.07. The SMILES string of the molecule is CCc1cnc(CNC(=NC)NCC(OC)c2ccc(F)cc2)s1.I. The molecular formula is C17H24FIN4OS. The highest BCUT2D eigenvalue weighted by molar-refractivity contribution is 14.0. The van der Waals surface area contributed by atoms with E-state index in [0.29, 0.717) is 19.0 Å². The number of rotatable bonds is 7. The minimum absolute atomic E-state index is 0. The third-order valence-electron chi connectivity index (χ3n) is 3.56. The van der Waals surface area contributed by atoms with Crippen LogP contribution in [0.1, 0.15) is 28.5 Å². The first kappa shape index (κ1) is 21.8. The Morgan fingerprint density at radius 3 is 2.60 bits per heavy atom. The van der Waals surface area contributed by atoms with Crippen molar-refractivity contribution in [3.63, 3.8) is 0 Å². The Morgan fingerprint density at radius 1 is 1.32 bits per heavy atom. The van der Waals surface area contributed by atoms with Crippen LogP contribution < -0.4 is 10.6 Å². The maximum absolute atomic E-state index is 13.0. The lowest BCUT2D eigenvalue weighted by molar-refractivity contribution is 0.106. The van der Waals surface area contributed by atoms with Gasteiger partial charge in [0.1, 0.15) is 10.8 Å². The predicted octanol–water partition coefficient (Wildman–Crippen LogP) is 3.52. The molecule has 0 aliphatic rings. The van der Waals surface area contributed by atoms with Gasteiger partial charge >= 0.3 is 0 Å². The fraction of sp³-hybridized carbons (Fsp3) is 0.412. The molecule has 1 unspecified atom stereocenters. The van der Waals surface area contributed by atoms with Gasteiger partial charge in [0.2, 0.25) is 0 Å². The van der Waals surface area contributed by atoms with Crippen LogP contribution in [0.4, 0.5) is 4.39 Å². The molecule has 0 aliphatic heterocycles. The van der Waals surface area contributed by atoms with Crippen molar-refractivity contribution in [3.8, 4) is 0 Å². The number of hydrogen-bond acceptors (Lipinski definition) is 4. The fourth-order valence-corrected chi connectivity index (χ4v) is 2.98. The molecule has 0 fully saturated rings. The van der Waals surface area contributed by atoms with Crippen LogP contribution >= 0.6 is 35.3 Å². The van der Waals surface area contributed by atoms with Crippen molar-refractivity contribution in [1.29, 1.82) is 0 Å². The average molecular weight is 478 g/mol. The van der Waals surface area contributed by atoms with E-state index in [1.54, 1.807) is 37.6 Å². The van der Waals surface area contributed by atoms with E-state index in [1.807, 2.05) is 6.20 Å². The molecule has 2 aromatic rings. The molecule has 1 atom stereocenters. The number of thiazole rings is 1.